The second-order valence-electron chi connectivity index (χ2n) is 12.9. The molecule has 1 N–H and O–H groups in total. The van der Waals surface area contributed by atoms with Crippen LogP contribution in [0.5, 0.6) is 0 Å². The molecule has 6 atom stereocenters. The number of rotatable bonds is 15. The minimum atomic E-state index is -1.67. The van der Waals surface area contributed by atoms with Crippen molar-refractivity contribution in [2.45, 2.75) is 89.4 Å². The van der Waals surface area contributed by atoms with E-state index in [1.54, 1.807) is 20.8 Å². The van der Waals surface area contributed by atoms with Gasteiger partial charge in [0.05, 0.1) is 33.0 Å². The van der Waals surface area contributed by atoms with Gasteiger partial charge >= 0.3 is 5.97 Å². The first-order chi connectivity index (χ1) is 23.3. The van der Waals surface area contributed by atoms with E-state index in [-0.39, 0.29) is 26.4 Å². The summed E-state index contributed by atoms with van der Waals surface area (Å²) in [6.45, 7) is 6.43. The second-order valence-corrected chi connectivity index (χ2v) is 12.9. The summed E-state index contributed by atoms with van der Waals surface area (Å²) in [5.74, 6) is -0.810. The van der Waals surface area contributed by atoms with Gasteiger partial charge in [-0.15, -0.1) is 0 Å². The number of carbonyl (C=O) groups is 1. The molecule has 8 heteroatoms. The van der Waals surface area contributed by atoms with Crippen molar-refractivity contribution in [3.8, 4) is 0 Å². The summed E-state index contributed by atoms with van der Waals surface area (Å²) in [7, 11) is 0. The number of aliphatic hydroxyl groups excluding tert-OH is 1. The van der Waals surface area contributed by atoms with Gasteiger partial charge in [-0.1, -0.05) is 121 Å². The van der Waals surface area contributed by atoms with Crippen LogP contribution in [0, 0.1) is 0 Å². The predicted octanol–water partition coefficient (Wildman–Crippen LogP) is 6.43. The van der Waals surface area contributed by atoms with Gasteiger partial charge in [-0.05, 0) is 43.0 Å². The Labute approximate surface area is 283 Å². The molecule has 5 rings (SSSR count). The van der Waals surface area contributed by atoms with E-state index < -0.39 is 48.2 Å². The quantitative estimate of drug-likeness (QED) is 0.147. The van der Waals surface area contributed by atoms with Crippen molar-refractivity contribution in [1.82, 2.24) is 0 Å². The molecule has 0 spiro atoms. The molecule has 4 aromatic carbocycles. The summed E-state index contributed by atoms with van der Waals surface area (Å²) in [5.41, 5.74) is 3.02. The van der Waals surface area contributed by atoms with Crippen LogP contribution in [0.25, 0.3) is 0 Å². The number of carbonyl (C=O) groups excluding carboxylic acids is 1. The van der Waals surface area contributed by atoms with Gasteiger partial charge in [0, 0.05) is 0 Å². The van der Waals surface area contributed by atoms with E-state index in [0.717, 1.165) is 22.3 Å². The molecule has 1 heterocycles. The van der Waals surface area contributed by atoms with Crippen molar-refractivity contribution in [2.24, 2.45) is 0 Å². The summed E-state index contributed by atoms with van der Waals surface area (Å²) in [6.07, 6.45) is -5.91. The Morgan fingerprint density at radius 1 is 0.625 bits per heavy atom. The summed E-state index contributed by atoms with van der Waals surface area (Å²) in [6, 6.07) is 39.2. The van der Waals surface area contributed by atoms with Gasteiger partial charge in [0.25, 0.3) is 0 Å². The van der Waals surface area contributed by atoms with E-state index in [9.17, 15) is 9.90 Å². The molecule has 48 heavy (non-hydrogen) atoms. The molecule has 0 amide bonds. The topological polar surface area (TPSA) is 92.7 Å². The van der Waals surface area contributed by atoms with Crippen LogP contribution in [-0.4, -0.2) is 59.9 Å². The van der Waals surface area contributed by atoms with Crippen LogP contribution in [0.2, 0.25) is 0 Å². The van der Waals surface area contributed by atoms with E-state index in [1.807, 2.05) is 121 Å². The predicted molar refractivity (Wildman–Crippen MR) is 182 cm³/mol. The fourth-order valence-corrected chi connectivity index (χ4v) is 5.58. The number of hydrogen-bond donors (Lipinski definition) is 1. The van der Waals surface area contributed by atoms with Gasteiger partial charge in [-0.2, -0.15) is 0 Å². The minimum absolute atomic E-state index is 0.114. The highest BCUT2D eigenvalue weighted by Crippen LogP contribution is 2.33. The Morgan fingerprint density at radius 3 is 1.46 bits per heavy atom. The average Bonchev–Trinajstić information content (AvgIpc) is 3.10. The lowest BCUT2D eigenvalue weighted by atomic mass is 9.91. The number of hydrogen-bond acceptors (Lipinski definition) is 8. The normalized spacial score (nSPS) is 21.8. The van der Waals surface area contributed by atoms with Crippen molar-refractivity contribution in [1.29, 1.82) is 0 Å². The maximum absolute atomic E-state index is 13.4. The monoisotopic (exact) mass is 654 g/mol. The zero-order valence-corrected chi connectivity index (χ0v) is 27.9. The summed E-state index contributed by atoms with van der Waals surface area (Å²) >= 11 is 0. The molecule has 4 aromatic rings. The molecular formula is C40H46O8. The van der Waals surface area contributed by atoms with Crippen LogP contribution in [0.15, 0.2) is 121 Å². The molecule has 254 valence electrons. The van der Waals surface area contributed by atoms with Crippen molar-refractivity contribution < 1.29 is 38.3 Å². The third-order valence-corrected chi connectivity index (χ3v) is 7.88. The van der Waals surface area contributed by atoms with Crippen LogP contribution in [0.1, 0.15) is 43.0 Å². The molecule has 1 saturated heterocycles. The smallest absolute Gasteiger partial charge is 0.338 e. The Balaban J connectivity index is 1.49. The SMILES string of the molecule is CC(C)(C)OC(=O)[C@H](O)[C@@H]1O[C@H](COCc2ccccc2)[C@@H](OCc2ccccc2)[C@H](OCc2ccccc2)[C@H]1OCc1ccccc1. The molecule has 1 aliphatic rings. The van der Waals surface area contributed by atoms with Crippen molar-refractivity contribution in [3.05, 3.63) is 144 Å². The third-order valence-electron chi connectivity index (χ3n) is 7.88. The Bertz CT molecular complexity index is 1490. The number of ether oxygens (including phenoxy) is 6. The van der Waals surface area contributed by atoms with E-state index in [4.69, 9.17) is 28.4 Å². The van der Waals surface area contributed by atoms with E-state index in [0.29, 0.717) is 6.61 Å². The van der Waals surface area contributed by atoms with E-state index in [1.165, 1.54) is 0 Å². The van der Waals surface area contributed by atoms with Gasteiger partial charge in [0.2, 0.25) is 0 Å². The van der Waals surface area contributed by atoms with Gasteiger partial charge in [0.1, 0.15) is 36.1 Å². The molecule has 1 fully saturated rings. The van der Waals surface area contributed by atoms with Crippen LogP contribution < -0.4 is 0 Å². The van der Waals surface area contributed by atoms with Crippen LogP contribution in [0.4, 0.5) is 0 Å². The average molecular weight is 655 g/mol. The first-order valence-electron chi connectivity index (χ1n) is 16.4. The Hall–Kier alpha value is -3.89. The van der Waals surface area contributed by atoms with Gasteiger partial charge in [0.15, 0.2) is 6.10 Å². The molecule has 0 aromatic heterocycles. The number of benzene rings is 4. The molecule has 8 nitrogen and oxygen atoms in total. The molecule has 0 unspecified atom stereocenters. The van der Waals surface area contributed by atoms with Gasteiger partial charge in [-0.3, -0.25) is 0 Å². The molecule has 0 aliphatic carbocycles. The molecule has 0 saturated carbocycles. The third kappa shape index (κ3) is 10.6. The van der Waals surface area contributed by atoms with Crippen LogP contribution in [-0.2, 0) is 59.6 Å². The molecule has 1 aliphatic heterocycles. The number of aliphatic hydroxyl groups is 1. The van der Waals surface area contributed by atoms with Crippen molar-refractivity contribution in [2.75, 3.05) is 6.61 Å². The fraction of sp³-hybridized carbons (Fsp3) is 0.375. The molecule has 0 bridgehead atoms. The van der Waals surface area contributed by atoms with E-state index >= 15 is 0 Å². The second kappa shape index (κ2) is 17.5. The van der Waals surface area contributed by atoms with Gasteiger partial charge < -0.3 is 33.5 Å². The fourth-order valence-electron chi connectivity index (χ4n) is 5.58. The van der Waals surface area contributed by atoms with Crippen LogP contribution in [0.3, 0.4) is 0 Å². The first kappa shape index (κ1) is 35.4. The highest BCUT2D eigenvalue weighted by molar-refractivity contribution is 5.75. The van der Waals surface area contributed by atoms with Crippen molar-refractivity contribution in [3.63, 3.8) is 0 Å². The maximum atomic E-state index is 13.4. The lowest BCUT2D eigenvalue weighted by Gasteiger charge is -2.47. The highest BCUT2D eigenvalue weighted by atomic mass is 16.6. The number of esters is 1. The largest absolute Gasteiger partial charge is 0.458 e. The summed E-state index contributed by atoms with van der Waals surface area (Å²) in [5, 5.41) is 11.6. The highest BCUT2D eigenvalue weighted by Gasteiger charge is 2.52. The lowest BCUT2D eigenvalue weighted by molar-refractivity contribution is -0.287. The molecule has 0 radical (unpaired) electrons. The van der Waals surface area contributed by atoms with E-state index in [2.05, 4.69) is 0 Å². The Kier molecular flexibility index (Phi) is 12.9. The van der Waals surface area contributed by atoms with Crippen LogP contribution >= 0.6 is 0 Å². The maximum Gasteiger partial charge on any atom is 0.338 e. The van der Waals surface area contributed by atoms with Crippen molar-refractivity contribution >= 4 is 5.97 Å². The lowest BCUT2D eigenvalue weighted by Crippen LogP contribution is -2.65. The molecular weight excluding hydrogens is 608 g/mol. The minimum Gasteiger partial charge on any atom is -0.458 e. The summed E-state index contributed by atoms with van der Waals surface area (Å²) < 4.78 is 38.3. The van der Waals surface area contributed by atoms with Gasteiger partial charge in [-0.25, -0.2) is 4.79 Å². The first-order valence-corrected chi connectivity index (χ1v) is 16.4. The zero-order chi connectivity index (χ0) is 33.8. The standard InChI is InChI=1S/C40H46O8/c1-40(2,3)48-39(42)34(41)36-38(46-27-32-22-14-7-15-23-32)37(45-26-31-20-12-6-13-21-31)35(44-25-30-18-10-5-11-19-30)33(47-36)28-43-24-29-16-8-4-9-17-29/h4-23,33-38,41H,24-28H2,1-3H3/t33-,34-,35-,36+,37+,38+/m1/s1. The zero-order valence-electron chi connectivity index (χ0n) is 27.9. The Morgan fingerprint density at radius 2 is 1.02 bits per heavy atom. The summed E-state index contributed by atoms with van der Waals surface area (Å²) in [4.78, 5) is 13.4.